The van der Waals surface area contributed by atoms with Crippen LogP contribution in [0.5, 0.6) is 0 Å². The lowest BCUT2D eigenvalue weighted by molar-refractivity contribution is -0.383. The van der Waals surface area contributed by atoms with Crippen LogP contribution in [0.15, 0.2) is 30.6 Å². The van der Waals surface area contributed by atoms with Gasteiger partial charge in [0.25, 0.3) is 0 Å². The Labute approximate surface area is 185 Å². The lowest BCUT2D eigenvalue weighted by atomic mass is 9.97. The first-order chi connectivity index (χ1) is 15.4. The molecular weight excluding hydrogens is 418 g/mol. The molecule has 0 spiro atoms. The van der Waals surface area contributed by atoms with E-state index in [0.29, 0.717) is 38.2 Å². The predicted octanol–water partition coefficient (Wildman–Crippen LogP) is 2.72. The Hall–Kier alpha value is -3.76. The van der Waals surface area contributed by atoms with Gasteiger partial charge in [-0.25, -0.2) is 14.8 Å². The number of para-hydroxylation sites is 1. The van der Waals surface area contributed by atoms with Gasteiger partial charge >= 0.3 is 17.6 Å². The number of rotatable bonds is 7. The third-order valence-corrected chi connectivity index (χ3v) is 5.37. The van der Waals surface area contributed by atoms with E-state index in [1.54, 1.807) is 43.1 Å². The molecule has 2 aromatic rings. The summed E-state index contributed by atoms with van der Waals surface area (Å²) in [6, 6.07) is 6.62. The number of aromatic nitrogens is 2. The number of nitro groups is 1. The standard InChI is InChI=1S/C21H25N5O6/c1-4-32-20(27)14-9-11-25(12-10-14)19-17(26(29)30)18(22-13-23-19)24(2)16-8-6-5-7-15(16)21(28)31-3/h5-8,13-14H,4,9-12H2,1-3H3. The van der Waals surface area contributed by atoms with E-state index in [1.165, 1.54) is 18.3 Å². The quantitative estimate of drug-likeness (QED) is 0.358. The molecule has 0 saturated carbocycles. The minimum absolute atomic E-state index is 0.0452. The van der Waals surface area contributed by atoms with Crippen LogP contribution in [0.2, 0.25) is 0 Å². The molecule has 0 atom stereocenters. The molecule has 0 bridgehead atoms. The van der Waals surface area contributed by atoms with Crippen molar-refractivity contribution in [2.75, 3.05) is 43.7 Å². The summed E-state index contributed by atoms with van der Waals surface area (Å²) in [6.07, 6.45) is 2.28. The van der Waals surface area contributed by atoms with E-state index in [-0.39, 0.29) is 34.8 Å². The van der Waals surface area contributed by atoms with E-state index in [4.69, 9.17) is 9.47 Å². The van der Waals surface area contributed by atoms with E-state index < -0.39 is 10.9 Å². The van der Waals surface area contributed by atoms with Gasteiger partial charge in [-0.2, -0.15) is 0 Å². The minimum Gasteiger partial charge on any atom is -0.466 e. The van der Waals surface area contributed by atoms with Crippen molar-refractivity contribution in [3.8, 4) is 0 Å². The zero-order valence-corrected chi connectivity index (χ0v) is 18.2. The number of piperidine rings is 1. The largest absolute Gasteiger partial charge is 0.466 e. The molecule has 1 saturated heterocycles. The number of ether oxygens (including phenoxy) is 2. The van der Waals surface area contributed by atoms with Gasteiger partial charge in [0.1, 0.15) is 6.33 Å². The maximum absolute atomic E-state index is 12.2. The topological polar surface area (TPSA) is 128 Å². The molecule has 0 amide bonds. The lowest BCUT2D eigenvalue weighted by Crippen LogP contribution is -2.38. The highest BCUT2D eigenvalue weighted by Gasteiger charge is 2.34. The number of esters is 2. The molecule has 32 heavy (non-hydrogen) atoms. The summed E-state index contributed by atoms with van der Waals surface area (Å²) in [5.74, 6) is -0.829. The molecule has 1 aliphatic heterocycles. The van der Waals surface area contributed by atoms with Crippen LogP contribution in [-0.2, 0) is 14.3 Å². The average molecular weight is 443 g/mol. The van der Waals surface area contributed by atoms with E-state index >= 15 is 0 Å². The predicted molar refractivity (Wildman–Crippen MR) is 116 cm³/mol. The molecule has 1 fully saturated rings. The highest BCUT2D eigenvalue weighted by atomic mass is 16.6. The summed E-state index contributed by atoms with van der Waals surface area (Å²) in [5.41, 5.74) is 0.389. The lowest BCUT2D eigenvalue weighted by Gasteiger charge is -2.31. The van der Waals surface area contributed by atoms with Crippen molar-refractivity contribution < 1.29 is 24.0 Å². The average Bonchev–Trinajstić information content (AvgIpc) is 2.82. The first kappa shape index (κ1) is 22.9. The number of hydrogen-bond acceptors (Lipinski definition) is 10. The van der Waals surface area contributed by atoms with Gasteiger partial charge in [-0.05, 0) is 31.9 Å². The van der Waals surface area contributed by atoms with Crippen molar-refractivity contribution >= 4 is 34.9 Å². The van der Waals surface area contributed by atoms with Crippen molar-refractivity contribution in [2.24, 2.45) is 5.92 Å². The second-order valence-electron chi connectivity index (χ2n) is 7.21. The van der Waals surface area contributed by atoms with Gasteiger partial charge in [-0.15, -0.1) is 0 Å². The summed E-state index contributed by atoms with van der Waals surface area (Å²) in [4.78, 5) is 47.3. The molecule has 11 nitrogen and oxygen atoms in total. The highest BCUT2D eigenvalue weighted by molar-refractivity contribution is 5.97. The Morgan fingerprint density at radius 2 is 1.94 bits per heavy atom. The monoisotopic (exact) mass is 443 g/mol. The number of carbonyl (C=O) groups is 2. The summed E-state index contributed by atoms with van der Waals surface area (Å²) in [6.45, 7) is 2.92. The third kappa shape index (κ3) is 4.61. The summed E-state index contributed by atoms with van der Waals surface area (Å²) in [5, 5.41) is 12.1. The van der Waals surface area contributed by atoms with Crippen LogP contribution in [0.4, 0.5) is 23.0 Å². The Bertz CT molecular complexity index is 1010. The van der Waals surface area contributed by atoms with Crippen LogP contribution in [0.3, 0.4) is 0 Å². The molecule has 11 heteroatoms. The van der Waals surface area contributed by atoms with Gasteiger partial charge in [-0.3, -0.25) is 14.9 Å². The van der Waals surface area contributed by atoms with E-state index in [0.717, 1.165) is 0 Å². The van der Waals surface area contributed by atoms with Gasteiger partial charge in [-0.1, -0.05) is 12.1 Å². The van der Waals surface area contributed by atoms with Crippen molar-refractivity contribution in [1.29, 1.82) is 0 Å². The molecule has 0 radical (unpaired) electrons. The minimum atomic E-state index is -0.564. The molecule has 0 N–H and O–H groups in total. The number of hydrogen-bond donors (Lipinski definition) is 0. The van der Waals surface area contributed by atoms with Crippen molar-refractivity contribution in [3.05, 3.63) is 46.3 Å². The molecule has 1 aromatic heterocycles. The van der Waals surface area contributed by atoms with Crippen LogP contribution in [0.25, 0.3) is 0 Å². The molecule has 1 aliphatic rings. The number of carbonyl (C=O) groups excluding carboxylic acids is 2. The fraction of sp³-hybridized carbons (Fsp3) is 0.429. The SMILES string of the molecule is CCOC(=O)C1CCN(c2ncnc(N(C)c3ccccc3C(=O)OC)c2[N+](=O)[O-])CC1. The van der Waals surface area contributed by atoms with Crippen LogP contribution in [0, 0.1) is 16.0 Å². The number of anilines is 3. The molecule has 2 heterocycles. The van der Waals surface area contributed by atoms with Crippen LogP contribution in [0.1, 0.15) is 30.1 Å². The maximum Gasteiger partial charge on any atom is 0.353 e. The second kappa shape index (κ2) is 10.0. The van der Waals surface area contributed by atoms with Crippen molar-refractivity contribution in [2.45, 2.75) is 19.8 Å². The number of benzene rings is 1. The molecule has 170 valence electrons. The first-order valence-electron chi connectivity index (χ1n) is 10.2. The van der Waals surface area contributed by atoms with Crippen LogP contribution >= 0.6 is 0 Å². The molecule has 3 rings (SSSR count). The fourth-order valence-corrected chi connectivity index (χ4v) is 3.75. The highest BCUT2D eigenvalue weighted by Crippen LogP contribution is 2.39. The molecule has 0 aliphatic carbocycles. The van der Waals surface area contributed by atoms with Gasteiger partial charge in [0.15, 0.2) is 0 Å². The Morgan fingerprint density at radius 1 is 1.25 bits per heavy atom. The normalized spacial score (nSPS) is 14.0. The Morgan fingerprint density at radius 3 is 2.56 bits per heavy atom. The Kier molecular flexibility index (Phi) is 7.18. The molecular formula is C21H25N5O6. The smallest absolute Gasteiger partial charge is 0.353 e. The van der Waals surface area contributed by atoms with Crippen LogP contribution < -0.4 is 9.80 Å². The van der Waals surface area contributed by atoms with Gasteiger partial charge in [0.05, 0.1) is 35.8 Å². The first-order valence-corrected chi connectivity index (χ1v) is 10.2. The van der Waals surface area contributed by atoms with E-state index in [1.807, 2.05) is 0 Å². The second-order valence-corrected chi connectivity index (χ2v) is 7.21. The number of methoxy groups -OCH3 is 1. The molecule has 0 unspecified atom stereocenters. The maximum atomic E-state index is 12.2. The summed E-state index contributed by atoms with van der Waals surface area (Å²) < 4.78 is 9.92. The Balaban J connectivity index is 1.94. The third-order valence-electron chi connectivity index (χ3n) is 5.37. The van der Waals surface area contributed by atoms with E-state index in [9.17, 15) is 19.7 Å². The van der Waals surface area contributed by atoms with Gasteiger partial charge < -0.3 is 19.3 Å². The summed E-state index contributed by atoms with van der Waals surface area (Å²) >= 11 is 0. The van der Waals surface area contributed by atoms with Gasteiger partial charge in [0.2, 0.25) is 11.6 Å². The van der Waals surface area contributed by atoms with Gasteiger partial charge in [0, 0.05) is 20.1 Å². The van der Waals surface area contributed by atoms with Crippen molar-refractivity contribution in [1.82, 2.24) is 9.97 Å². The number of nitrogens with zero attached hydrogens (tertiary/aromatic N) is 5. The van der Waals surface area contributed by atoms with Crippen LogP contribution in [-0.4, -0.2) is 60.7 Å². The van der Waals surface area contributed by atoms with E-state index in [2.05, 4.69) is 9.97 Å². The summed E-state index contributed by atoms with van der Waals surface area (Å²) in [7, 11) is 2.86. The zero-order valence-electron chi connectivity index (χ0n) is 18.2. The van der Waals surface area contributed by atoms with Crippen molar-refractivity contribution in [3.63, 3.8) is 0 Å². The molecule has 1 aromatic carbocycles. The zero-order chi connectivity index (χ0) is 23.3. The fourth-order valence-electron chi connectivity index (χ4n) is 3.75.